The summed E-state index contributed by atoms with van der Waals surface area (Å²) in [7, 11) is 0. The fourth-order valence-corrected chi connectivity index (χ4v) is 3.67. The largest absolute Gasteiger partial charge is 0.366 e. The summed E-state index contributed by atoms with van der Waals surface area (Å²) in [4.78, 5) is 50.0. The van der Waals surface area contributed by atoms with Gasteiger partial charge in [-0.25, -0.2) is 18.4 Å². The molecule has 12 nitrogen and oxygen atoms in total. The van der Waals surface area contributed by atoms with Crippen LogP contribution in [0.3, 0.4) is 0 Å². The lowest BCUT2D eigenvalue weighted by Crippen LogP contribution is -2.36. The Morgan fingerprint density at radius 1 is 1.00 bits per heavy atom. The maximum absolute atomic E-state index is 14.4. The van der Waals surface area contributed by atoms with Crippen molar-refractivity contribution in [2.45, 2.75) is 56.1 Å². The second-order valence-electron chi connectivity index (χ2n) is 7.46. The Morgan fingerprint density at radius 2 is 1.62 bits per heavy atom. The van der Waals surface area contributed by atoms with Crippen molar-refractivity contribution in [1.82, 2.24) is 19.1 Å². The molecule has 174 valence electrons. The van der Waals surface area contributed by atoms with Crippen molar-refractivity contribution < 1.29 is 28.1 Å². The van der Waals surface area contributed by atoms with Crippen LogP contribution in [0.4, 0.5) is 8.78 Å². The molecule has 4 rings (SSSR count). The first-order valence-corrected chi connectivity index (χ1v) is 9.74. The highest BCUT2D eigenvalue weighted by atomic mass is 19.1. The Hall–Kier alpha value is -2.94. The minimum Gasteiger partial charge on any atom is -0.366 e. The van der Waals surface area contributed by atoms with Gasteiger partial charge in [0.1, 0.15) is 30.8 Å². The van der Waals surface area contributed by atoms with Crippen molar-refractivity contribution in [3.63, 3.8) is 0 Å². The standard InChI is InChI=1S/C18H20F2N4O8/c19-8-6-14(23-3-1-12(25)21-17(23)28)31-11(8)7-30-16(27)10-5-9(20)15(32-10)24-4-2-13(26)22-18(24)29/h1-4,8-11,14-16,27H,5-7H2,(H,21,25,28)(H,22,26,29)/t8-,9+,10-,11+,14+,15+,16?/m0/s1. The zero-order valence-corrected chi connectivity index (χ0v) is 16.4. The van der Waals surface area contributed by atoms with Crippen LogP contribution in [-0.4, -0.2) is 61.7 Å². The highest BCUT2D eigenvalue weighted by Crippen LogP contribution is 2.33. The van der Waals surface area contributed by atoms with E-state index >= 15 is 0 Å². The molecule has 0 spiro atoms. The van der Waals surface area contributed by atoms with Crippen LogP contribution >= 0.6 is 0 Å². The number of aliphatic hydroxyl groups is 1. The third-order valence-electron chi connectivity index (χ3n) is 5.28. The molecule has 4 heterocycles. The van der Waals surface area contributed by atoms with E-state index in [2.05, 4.69) is 0 Å². The second-order valence-corrected chi connectivity index (χ2v) is 7.46. The van der Waals surface area contributed by atoms with Gasteiger partial charge in [0.05, 0.1) is 6.61 Å². The molecule has 14 heteroatoms. The molecule has 7 atom stereocenters. The number of rotatable bonds is 6. The van der Waals surface area contributed by atoms with Crippen LogP contribution in [0.25, 0.3) is 0 Å². The van der Waals surface area contributed by atoms with Crippen molar-refractivity contribution in [2.75, 3.05) is 6.61 Å². The predicted molar refractivity (Wildman–Crippen MR) is 101 cm³/mol. The van der Waals surface area contributed by atoms with Gasteiger partial charge in [0.15, 0.2) is 12.5 Å². The van der Waals surface area contributed by atoms with E-state index in [0.717, 1.165) is 27.5 Å². The van der Waals surface area contributed by atoms with E-state index in [1.165, 1.54) is 6.20 Å². The van der Waals surface area contributed by atoms with Gasteiger partial charge in [0.25, 0.3) is 11.1 Å². The summed E-state index contributed by atoms with van der Waals surface area (Å²) >= 11 is 0. The number of halogens is 2. The molecule has 0 bridgehead atoms. The predicted octanol–water partition coefficient (Wildman–Crippen LogP) is -1.33. The Labute approximate surface area is 177 Å². The normalized spacial score (nSPS) is 31.1. The molecule has 0 amide bonds. The lowest BCUT2D eigenvalue weighted by molar-refractivity contribution is -0.198. The molecule has 2 fully saturated rings. The molecule has 2 saturated heterocycles. The summed E-state index contributed by atoms with van der Waals surface area (Å²) in [5, 5.41) is 10.2. The number of aromatic amines is 2. The van der Waals surface area contributed by atoms with Gasteiger partial charge in [-0.3, -0.25) is 28.7 Å². The van der Waals surface area contributed by atoms with E-state index in [9.17, 15) is 33.1 Å². The average Bonchev–Trinajstić information content (AvgIpc) is 3.29. The third-order valence-corrected chi connectivity index (χ3v) is 5.28. The summed E-state index contributed by atoms with van der Waals surface area (Å²) in [6.07, 6.45) is -7.73. The first-order chi connectivity index (χ1) is 15.2. The molecular weight excluding hydrogens is 438 g/mol. The first kappa shape index (κ1) is 22.3. The van der Waals surface area contributed by atoms with Crippen LogP contribution < -0.4 is 22.5 Å². The van der Waals surface area contributed by atoms with E-state index in [4.69, 9.17) is 14.2 Å². The highest BCUT2D eigenvalue weighted by Gasteiger charge is 2.42. The maximum Gasteiger partial charge on any atom is 0.330 e. The van der Waals surface area contributed by atoms with Crippen LogP contribution in [0.2, 0.25) is 0 Å². The lowest BCUT2D eigenvalue weighted by atomic mass is 10.2. The maximum atomic E-state index is 14.4. The fourth-order valence-electron chi connectivity index (χ4n) is 3.67. The molecule has 1 unspecified atom stereocenters. The highest BCUT2D eigenvalue weighted by molar-refractivity contribution is 4.91. The number of hydrogen-bond donors (Lipinski definition) is 3. The van der Waals surface area contributed by atoms with Crippen LogP contribution in [-0.2, 0) is 14.2 Å². The fraction of sp³-hybridized carbons (Fsp3) is 0.556. The minimum absolute atomic E-state index is 0.181. The summed E-state index contributed by atoms with van der Waals surface area (Å²) < 4.78 is 46.7. The number of aromatic nitrogens is 4. The molecule has 3 N–H and O–H groups in total. The zero-order chi connectivity index (χ0) is 23.0. The van der Waals surface area contributed by atoms with Gasteiger partial charge in [0, 0.05) is 37.4 Å². The summed E-state index contributed by atoms with van der Waals surface area (Å²) in [6, 6.07) is 2.13. The van der Waals surface area contributed by atoms with E-state index in [1.54, 1.807) is 0 Å². The quantitative estimate of drug-likeness (QED) is 0.450. The van der Waals surface area contributed by atoms with Gasteiger partial charge in [-0.2, -0.15) is 0 Å². The Bertz CT molecular complexity index is 1190. The topological polar surface area (TPSA) is 158 Å². The molecule has 2 aromatic rings. The number of hydrogen-bond acceptors (Lipinski definition) is 8. The Morgan fingerprint density at radius 3 is 2.25 bits per heavy atom. The molecule has 2 aliphatic heterocycles. The second kappa shape index (κ2) is 8.90. The number of aliphatic hydroxyl groups excluding tert-OH is 1. The van der Waals surface area contributed by atoms with Gasteiger partial charge in [-0.15, -0.1) is 0 Å². The van der Waals surface area contributed by atoms with Crippen molar-refractivity contribution in [2.24, 2.45) is 0 Å². The van der Waals surface area contributed by atoms with Crippen LogP contribution in [0.15, 0.2) is 43.7 Å². The number of H-pyrrole nitrogens is 2. The summed E-state index contributed by atoms with van der Waals surface area (Å²) in [5.74, 6) is 0. The average molecular weight is 458 g/mol. The lowest BCUT2D eigenvalue weighted by Gasteiger charge is -2.22. The summed E-state index contributed by atoms with van der Waals surface area (Å²) in [6.45, 7) is -0.420. The Balaban J connectivity index is 1.35. The Kier molecular flexibility index (Phi) is 6.19. The summed E-state index contributed by atoms with van der Waals surface area (Å²) in [5.41, 5.74) is -2.88. The number of nitrogens with zero attached hydrogens (tertiary/aromatic N) is 2. The molecule has 0 radical (unpaired) electrons. The zero-order valence-electron chi connectivity index (χ0n) is 16.4. The SMILES string of the molecule is O=c1ccn([C@@H]2O[C@H](C(O)OC[C@H]3O[C@@H](n4ccc(=O)[nH]c4=O)C[C@@H]3F)C[C@H]2F)c(=O)[nH]1. The van der Waals surface area contributed by atoms with Crippen LogP contribution in [0.5, 0.6) is 0 Å². The van der Waals surface area contributed by atoms with E-state index in [0.29, 0.717) is 0 Å². The van der Waals surface area contributed by atoms with E-state index < -0.39 is 72.4 Å². The van der Waals surface area contributed by atoms with Gasteiger partial charge in [0.2, 0.25) is 0 Å². The van der Waals surface area contributed by atoms with Crippen molar-refractivity contribution in [3.05, 3.63) is 66.2 Å². The third kappa shape index (κ3) is 4.48. The smallest absolute Gasteiger partial charge is 0.330 e. The van der Waals surface area contributed by atoms with E-state index in [-0.39, 0.29) is 12.8 Å². The number of ether oxygens (including phenoxy) is 3. The van der Waals surface area contributed by atoms with Crippen LogP contribution in [0, 0.1) is 0 Å². The molecule has 2 aliphatic rings. The minimum atomic E-state index is -1.67. The van der Waals surface area contributed by atoms with E-state index in [1.807, 2.05) is 9.97 Å². The van der Waals surface area contributed by atoms with Gasteiger partial charge >= 0.3 is 11.4 Å². The number of nitrogens with one attached hydrogen (secondary N) is 2. The van der Waals surface area contributed by atoms with Gasteiger partial charge < -0.3 is 19.3 Å². The first-order valence-electron chi connectivity index (χ1n) is 9.74. The van der Waals surface area contributed by atoms with Crippen molar-refractivity contribution in [3.8, 4) is 0 Å². The van der Waals surface area contributed by atoms with Gasteiger partial charge in [-0.1, -0.05) is 0 Å². The molecule has 2 aromatic heterocycles. The monoisotopic (exact) mass is 458 g/mol. The van der Waals surface area contributed by atoms with Gasteiger partial charge in [-0.05, 0) is 0 Å². The molecule has 0 aromatic carbocycles. The molecule has 0 aliphatic carbocycles. The molecule has 0 saturated carbocycles. The van der Waals surface area contributed by atoms with Crippen molar-refractivity contribution in [1.29, 1.82) is 0 Å². The molecule has 32 heavy (non-hydrogen) atoms. The van der Waals surface area contributed by atoms with Crippen molar-refractivity contribution >= 4 is 0 Å². The molecular formula is C18H20F2N4O8. The van der Waals surface area contributed by atoms with Crippen LogP contribution in [0.1, 0.15) is 25.3 Å². The number of alkyl halides is 2.